The van der Waals surface area contributed by atoms with E-state index < -0.39 is 0 Å². The van der Waals surface area contributed by atoms with Gasteiger partial charge in [0.15, 0.2) is 0 Å². The number of aromatic nitrogens is 2. The molecular formula is C11H19N3O. The van der Waals surface area contributed by atoms with Gasteiger partial charge < -0.3 is 15.0 Å². The predicted molar refractivity (Wildman–Crippen MR) is 58.4 cm³/mol. The Morgan fingerprint density at radius 1 is 1.73 bits per heavy atom. The lowest BCUT2D eigenvalue weighted by Crippen LogP contribution is -2.30. The van der Waals surface area contributed by atoms with E-state index in [-0.39, 0.29) is 11.6 Å². The molecule has 2 rings (SSSR count). The normalized spacial score (nSPS) is 28.2. The molecule has 2 heterocycles. The predicted octanol–water partition coefficient (Wildman–Crippen LogP) is 1.47. The average molecular weight is 209 g/mol. The first-order valence-electron chi connectivity index (χ1n) is 5.50. The molecule has 1 aliphatic heterocycles. The summed E-state index contributed by atoms with van der Waals surface area (Å²) in [6.07, 6.45) is 5.94. The van der Waals surface area contributed by atoms with E-state index in [4.69, 9.17) is 10.5 Å². The van der Waals surface area contributed by atoms with Gasteiger partial charge in [-0.3, -0.25) is 0 Å². The van der Waals surface area contributed by atoms with Crippen molar-refractivity contribution < 1.29 is 4.74 Å². The van der Waals surface area contributed by atoms with Crippen LogP contribution in [0.2, 0.25) is 0 Å². The van der Waals surface area contributed by atoms with Gasteiger partial charge in [0, 0.05) is 18.8 Å². The fourth-order valence-corrected chi connectivity index (χ4v) is 2.16. The maximum absolute atomic E-state index is 5.87. The van der Waals surface area contributed by atoms with E-state index in [1.54, 1.807) is 0 Å². The van der Waals surface area contributed by atoms with E-state index in [1.807, 2.05) is 19.4 Å². The number of nitrogens with zero attached hydrogens (tertiary/aromatic N) is 2. The molecule has 1 aromatic heterocycles. The van der Waals surface area contributed by atoms with Crippen LogP contribution in [-0.2, 0) is 11.3 Å². The molecule has 0 aliphatic carbocycles. The fraction of sp³-hybridized carbons (Fsp3) is 0.727. The molecule has 0 amide bonds. The van der Waals surface area contributed by atoms with Crippen LogP contribution in [0.4, 0.5) is 0 Å². The Balaban J connectivity index is 2.13. The summed E-state index contributed by atoms with van der Waals surface area (Å²) < 4.78 is 7.87. The molecule has 0 aromatic carbocycles. The molecule has 0 radical (unpaired) electrons. The minimum atomic E-state index is -0.0374. The molecule has 1 aliphatic rings. The van der Waals surface area contributed by atoms with Crippen molar-refractivity contribution in [3.63, 3.8) is 0 Å². The summed E-state index contributed by atoms with van der Waals surface area (Å²) in [5, 5.41) is 0. The molecule has 1 unspecified atom stereocenters. The van der Waals surface area contributed by atoms with E-state index in [9.17, 15) is 0 Å². The van der Waals surface area contributed by atoms with Crippen molar-refractivity contribution in [2.75, 3.05) is 6.61 Å². The van der Waals surface area contributed by atoms with Gasteiger partial charge in [-0.1, -0.05) is 0 Å². The molecule has 84 valence electrons. The van der Waals surface area contributed by atoms with Crippen LogP contribution in [0.5, 0.6) is 0 Å². The SMILES string of the molecule is C[C@H](N)c1cncn1CC1(C)CCCO1. The minimum absolute atomic E-state index is 0.0255. The summed E-state index contributed by atoms with van der Waals surface area (Å²) >= 11 is 0. The Bertz CT molecular complexity index is 326. The Morgan fingerprint density at radius 2 is 2.53 bits per heavy atom. The molecule has 2 atom stereocenters. The number of hydrogen-bond donors (Lipinski definition) is 1. The molecule has 0 saturated carbocycles. The lowest BCUT2D eigenvalue weighted by Gasteiger charge is -2.25. The Hall–Kier alpha value is -0.870. The lowest BCUT2D eigenvalue weighted by molar-refractivity contribution is 0.00554. The number of ether oxygens (including phenoxy) is 1. The lowest BCUT2D eigenvalue weighted by atomic mass is 10.0. The Labute approximate surface area is 90.4 Å². The van der Waals surface area contributed by atoms with Crippen LogP contribution in [0, 0.1) is 0 Å². The van der Waals surface area contributed by atoms with Gasteiger partial charge in [0.05, 0.1) is 24.2 Å². The highest BCUT2D eigenvalue weighted by atomic mass is 16.5. The monoisotopic (exact) mass is 209 g/mol. The van der Waals surface area contributed by atoms with Gasteiger partial charge in [-0.2, -0.15) is 0 Å². The molecule has 1 saturated heterocycles. The molecule has 1 aromatic rings. The van der Waals surface area contributed by atoms with Gasteiger partial charge in [-0.25, -0.2) is 4.98 Å². The third kappa shape index (κ3) is 2.21. The third-order valence-electron chi connectivity index (χ3n) is 3.02. The van der Waals surface area contributed by atoms with Crippen molar-refractivity contribution in [3.8, 4) is 0 Å². The first-order valence-corrected chi connectivity index (χ1v) is 5.50. The van der Waals surface area contributed by atoms with Crippen molar-refractivity contribution >= 4 is 0 Å². The second-order valence-electron chi connectivity index (χ2n) is 4.64. The van der Waals surface area contributed by atoms with Crippen LogP contribution in [0.15, 0.2) is 12.5 Å². The first kappa shape index (κ1) is 10.6. The van der Waals surface area contributed by atoms with Crippen LogP contribution in [0.25, 0.3) is 0 Å². The zero-order chi connectivity index (χ0) is 10.9. The van der Waals surface area contributed by atoms with Gasteiger partial charge in [-0.05, 0) is 26.7 Å². The molecule has 4 heteroatoms. The largest absolute Gasteiger partial charge is 0.373 e. The van der Waals surface area contributed by atoms with E-state index in [1.165, 1.54) is 0 Å². The van der Waals surface area contributed by atoms with Crippen LogP contribution in [0.1, 0.15) is 38.4 Å². The second-order valence-corrected chi connectivity index (χ2v) is 4.64. The molecule has 2 N–H and O–H groups in total. The zero-order valence-electron chi connectivity index (χ0n) is 9.44. The minimum Gasteiger partial charge on any atom is -0.373 e. The summed E-state index contributed by atoms with van der Waals surface area (Å²) in [5.41, 5.74) is 6.91. The standard InChI is InChI=1S/C11H19N3O/c1-9(12)10-6-13-8-14(10)7-11(2)4-3-5-15-11/h6,8-9H,3-5,7,12H2,1-2H3/t9-,11?/m0/s1. The number of imidazole rings is 1. The third-order valence-corrected chi connectivity index (χ3v) is 3.02. The summed E-state index contributed by atoms with van der Waals surface area (Å²) in [5.74, 6) is 0. The number of rotatable bonds is 3. The summed E-state index contributed by atoms with van der Waals surface area (Å²) in [7, 11) is 0. The van der Waals surface area contributed by atoms with Crippen molar-refractivity contribution in [3.05, 3.63) is 18.2 Å². The summed E-state index contributed by atoms with van der Waals surface area (Å²) in [4.78, 5) is 4.14. The molecule has 4 nitrogen and oxygen atoms in total. The van der Waals surface area contributed by atoms with E-state index in [2.05, 4.69) is 16.5 Å². The van der Waals surface area contributed by atoms with E-state index in [0.29, 0.717) is 0 Å². The molecular weight excluding hydrogens is 190 g/mol. The van der Waals surface area contributed by atoms with Gasteiger partial charge >= 0.3 is 0 Å². The molecule has 0 bridgehead atoms. The fourth-order valence-electron chi connectivity index (χ4n) is 2.16. The van der Waals surface area contributed by atoms with Crippen LogP contribution in [0.3, 0.4) is 0 Å². The molecule has 0 spiro atoms. The quantitative estimate of drug-likeness (QED) is 0.820. The highest BCUT2D eigenvalue weighted by Crippen LogP contribution is 2.27. The average Bonchev–Trinajstić information content (AvgIpc) is 2.75. The Morgan fingerprint density at radius 3 is 3.13 bits per heavy atom. The smallest absolute Gasteiger partial charge is 0.0949 e. The molecule has 1 fully saturated rings. The summed E-state index contributed by atoms with van der Waals surface area (Å²) in [6.45, 7) is 5.86. The topological polar surface area (TPSA) is 53.1 Å². The first-order chi connectivity index (χ1) is 7.11. The van der Waals surface area contributed by atoms with E-state index >= 15 is 0 Å². The van der Waals surface area contributed by atoms with Gasteiger partial charge in [-0.15, -0.1) is 0 Å². The van der Waals surface area contributed by atoms with Crippen LogP contribution < -0.4 is 5.73 Å². The van der Waals surface area contributed by atoms with Gasteiger partial charge in [0.1, 0.15) is 0 Å². The number of hydrogen-bond acceptors (Lipinski definition) is 3. The summed E-state index contributed by atoms with van der Waals surface area (Å²) in [6, 6.07) is 0.0255. The molecule has 15 heavy (non-hydrogen) atoms. The van der Waals surface area contributed by atoms with Gasteiger partial charge in [0.25, 0.3) is 0 Å². The van der Waals surface area contributed by atoms with Crippen molar-refractivity contribution in [1.29, 1.82) is 0 Å². The van der Waals surface area contributed by atoms with Crippen molar-refractivity contribution in [1.82, 2.24) is 9.55 Å². The maximum Gasteiger partial charge on any atom is 0.0949 e. The number of nitrogens with two attached hydrogens (primary N) is 1. The van der Waals surface area contributed by atoms with Crippen LogP contribution >= 0.6 is 0 Å². The maximum atomic E-state index is 5.87. The van der Waals surface area contributed by atoms with Crippen LogP contribution in [-0.4, -0.2) is 21.8 Å². The van der Waals surface area contributed by atoms with Crippen molar-refractivity contribution in [2.24, 2.45) is 5.73 Å². The Kier molecular flexibility index (Phi) is 2.80. The zero-order valence-corrected chi connectivity index (χ0v) is 9.44. The van der Waals surface area contributed by atoms with Gasteiger partial charge in [0.2, 0.25) is 0 Å². The highest BCUT2D eigenvalue weighted by Gasteiger charge is 2.30. The van der Waals surface area contributed by atoms with E-state index in [0.717, 1.165) is 31.7 Å². The second kappa shape index (κ2) is 3.94. The highest BCUT2D eigenvalue weighted by molar-refractivity contribution is 5.04. The van der Waals surface area contributed by atoms with Crippen molar-refractivity contribution in [2.45, 2.75) is 44.9 Å².